The molecular weight excluding hydrogens is 338 g/mol. The molecule has 1 aromatic rings. The van der Waals surface area contributed by atoms with Gasteiger partial charge in [-0.1, -0.05) is 0 Å². The van der Waals surface area contributed by atoms with Crippen LogP contribution < -0.4 is 10.9 Å². The van der Waals surface area contributed by atoms with Crippen LogP contribution in [0.3, 0.4) is 0 Å². The lowest BCUT2D eigenvalue weighted by Gasteiger charge is -2.25. The fourth-order valence-electron chi connectivity index (χ4n) is 2.65. The number of nitrogens with zero attached hydrogens (tertiary/aromatic N) is 2. The van der Waals surface area contributed by atoms with Crippen molar-refractivity contribution in [3.05, 3.63) is 28.7 Å². The third kappa shape index (κ3) is 5.87. The van der Waals surface area contributed by atoms with E-state index in [2.05, 4.69) is 5.32 Å². The lowest BCUT2D eigenvalue weighted by molar-refractivity contribution is -0.117. The summed E-state index contributed by atoms with van der Waals surface area (Å²) >= 11 is 0. The molecule has 2 amide bonds. The SMILES string of the molecule is CN(CC(=O)Nc1ccn(C2CCOCC2)c(=O)c1)C(=O)OC(C)(C)C. The van der Waals surface area contributed by atoms with Gasteiger partial charge in [0.1, 0.15) is 12.1 Å². The lowest BCUT2D eigenvalue weighted by atomic mass is 10.1. The molecule has 8 nitrogen and oxygen atoms in total. The second-order valence-electron chi connectivity index (χ2n) is 7.39. The average molecular weight is 365 g/mol. The van der Waals surface area contributed by atoms with Gasteiger partial charge in [-0.2, -0.15) is 0 Å². The summed E-state index contributed by atoms with van der Waals surface area (Å²) < 4.78 is 12.2. The van der Waals surface area contributed by atoms with Crippen LogP contribution in [0.4, 0.5) is 10.5 Å². The first-order valence-electron chi connectivity index (χ1n) is 8.69. The van der Waals surface area contributed by atoms with Gasteiger partial charge in [0.2, 0.25) is 5.91 Å². The first-order valence-corrected chi connectivity index (χ1v) is 8.69. The number of aromatic nitrogens is 1. The van der Waals surface area contributed by atoms with Gasteiger partial charge in [-0.25, -0.2) is 4.79 Å². The molecule has 1 saturated heterocycles. The van der Waals surface area contributed by atoms with E-state index in [1.807, 2.05) is 0 Å². The molecule has 0 bridgehead atoms. The fraction of sp³-hybridized carbons (Fsp3) is 0.611. The van der Waals surface area contributed by atoms with E-state index >= 15 is 0 Å². The minimum absolute atomic E-state index is 0.124. The minimum Gasteiger partial charge on any atom is -0.444 e. The number of likely N-dealkylation sites (N-methyl/N-ethyl adjacent to an activating group) is 1. The molecule has 1 fully saturated rings. The van der Waals surface area contributed by atoms with E-state index in [-0.39, 0.29) is 18.1 Å². The van der Waals surface area contributed by atoms with Gasteiger partial charge in [0.15, 0.2) is 0 Å². The summed E-state index contributed by atoms with van der Waals surface area (Å²) in [4.78, 5) is 37.5. The fourth-order valence-corrected chi connectivity index (χ4v) is 2.65. The Morgan fingerprint density at radius 2 is 2.00 bits per heavy atom. The Labute approximate surface area is 153 Å². The Kier molecular flexibility index (Phi) is 6.42. The highest BCUT2D eigenvalue weighted by Crippen LogP contribution is 2.19. The van der Waals surface area contributed by atoms with Crippen LogP contribution >= 0.6 is 0 Å². The Morgan fingerprint density at radius 1 is 1.35 bits per heavy atom. The molecule has 1 aliphatic heterocycles. The van der Waals surface area contributed by atoms with E-state index < -0.39 is 17.6 Å². The van der Waals surface area contributed by atoms with E-state index in [4.69, 9.17) is 9.47 Å². The summed E-state index contributed by atoms with van der Waals surface area (Å²) in [5.41, 5.74) is -0.396. The number of nitrogens with one attached hydrogen (secondary N) is 1. The molecule has 2 heterocycles. The van der Waals surface area contributed by atoms with Crippen LogP contribution in [-0.2, 0) is 14.3 Å². The van der Waals surface area contributed by atoms with Crippen molar-refractivity contribution in [2.24, 2.45) is 0 Å². The molecule has 0 unspecified atom stereocenters. The standard InChI is InChI=1S/C18H27N3O5/c1-18(2,3)26-17(24)20(4)12-15(22)19-13-5-8-21(16(23)11-13)14-6-9-25-10-7-14/h5,8,11,14H,6-7,9-10,12H2,1-4H3,(H,19,22). The number of amides is 2. The molecule has 0 aliphatic carbocycles. The zero-order chi connectivity index (χ0) is 19.3. The highest BCUT2D eigenvalue weighted by atomic mass is 16.6. The molecule has 2 rings (SSSR count). The molecule has 144 valence electrons. The number of carbonyl (C=O) groups is 2. The Balaban J connectivity index is 1.93. The van der Waals surface area contributed by atoms with Crippen molar-refractivity contribution in [1.29, 1.82) is 0 Å². The molecule has 0 aromatic carbocycles. The molecule has 1 aromatic heterocycles. The van der Waals surface area contributed by atoms with E-state index in [0.29, 0.717) is 18.9 Å². The summed E-state index contributed by atoms with van der Waals surface area (Å²) in [7, 11) is 1.48. The van der Waals surface area contributed by atoms with Crippen molar-refractivity contribution in [2.75, 3.05) is 32.1 Å². The predicted octanol–water partition coefficient (Wildman–Crippen LogP) is 2.01. The van der Waals surface area contributed by atoms with Crippen LogP contribution in [0.25, 0.3) is 0 Å². The van der Waals surface area contributed by atoms with Crippen molar-refractivity contribution in [1.82, 2.24) is 9.47 Å². The second kappa shape index (κ2) is 8.35. The maximum absolute atomic E-state index is 12.3. The van der Waals surface area contributed by atoms with Crippen molar-refractivity contribution < 1.29 is 19.1 Å². The number of ether oxygens (including phenoxy) is 2. The predicted molar refractivity (Wildman–Crippen MR) is 97.3 cm³/mol. The summed E-state index contributed by atoms with van der Waals surface area (Å²) in [5.74, 6) is -0.401. The molecule has 1 N–H and O–H groups in total. The van der Waals surface area contributed by atoms with E-state index in [0.717, 1.165) is 12.8 Å². The van der Waals surface area contributed by atoms with Crippen molar-refractivity contribution >= 4 is 17.7 Å². The third-order valence-corrected chi connectivity index (χ3v) is 3.90. The summed E-state index contributed by atoms with van der Waals surface area (Å²) in [5, 5.41) is 2.64. The van der Waals surface area contributed by atoms with Gasteiger partial charge in [-0.15, -0.1) is 0 Å². The van der Waals surface area contributed by atoms with Gasteiger partial charge >= 0.3 is 6.09 Å². The quantitative estimate of drug-likeness (QED) is 0.881. The zero-order valence-electron chi connectivity index (χ0n) is 15.8. The molecule has 8 heteroatoms. The number of hydrogen-bond donors (Lipinski definition) is 1. The van der Waals surface area contributed by atoms with Gasteiger partial charge in [0.25, 0.3) is 5.56 Å². The lowest BCUT2D eigenvalue weighted by Crippen LogP contribution is -2.39. The molecule has 26 heavy (non-hydrogen) atoms. The van der Waals surface area contributed by atoms with Gasteiger partial charge < -0.3 is 24.3 Å². The van der Waals surface area contributed by atoms with Crippen molar-refractivity contribution in [3.8, 4) is 0 Å². The molecule has 0 radical (unpaired) electrons. The van der Waals surface area contributed by atoms with Crippen molar-refractivity contribution in [2.45, 2.75) is 45.3 Å². The normalized spacial score (nSPS) is 15.4. The van der Waals surface area contributed by atoms with Crippen LogP contribution in [0.2, 0.25) is 0 Å². The molecule has 0 atom stereocenters. The first-order chi connectivity index (χ1) is 12.2. The largest absolute Gasteiger partial charge is 0.444 e. The Morgan fingerprint density at radius 3 is 2.58 bits per heavy atom. The highest BCUT2D eigenvalue weighted by molar-refractivity contribution is 5.93. The zero-order valence-corrected chi connectivity index (χ0v) is 15.8. The monoisotopic (exact) mass is 365 g/mol. The molecule has 0 saturated carbocycles. The third-order valence-electron chi connectivity index (χ3n) is 3.90. The maximum atomic E-state index is 12.3. The van der Waals surface area contributed by atoms with E-state index in [1.165, 1.54) is 18.0 Å². The van der Waals surface area contributed by atoms with Crippen LogP contribution in [-0.4, -0.2) is 53.9 Å². The molecule has 0 spiro atoms. The van der Waals surface area contributed by atoms with Crippen LogP contribution in [0.15, 0.2) is 23.1 Å². The first kappa shape index (κ1) is 20.0. The number of hydrogen-bond acceptors (Lipinski definition) is 5. The number of pyridine rings is 1. The second-order valence-corrected chi connectivity index (χ2v) is 7.39. The molecular formula is C18H27N3O5. The average Bonchev–Trinajstić information content (AvgIpc) is 2.54. The molecule has 1 aliphatic rings. The van der Waals surface area contributed by atoms with Gasteiger partial charge in [0, 0.05) is 44.3 Å². The Hall–Kier alpha value is -2.35. The van der Waals surface area contributed by atoms with Gasteiger partial charge in [-0.3, -0.25) is 9.59 Å². The van der Waals surface area contributed by atoms with E-state index in [1.54, 1.807) is 37.6 Å². The summed E-state index contributed by atoms with van der Waals surface area (Å²) in [6.45, 7) is 6.39. The smallest absolute Gasteiger partial charge is 0.410 e. The topological polar surface area (TPSA) is 89.9 Å². The van der Waals surface area contributed by atoms with Gasteiger partial charge in [-0.05, 0) is 39.7 Å². The van der Waals surface area contributed by atoms with Crippen LogP contribution in [0.1, 0.15) is 39.7 Å². The van der Waals surface area contributed by atoms with E-state index in [9.17, 15) is 14.4 Å². The van der Waals surface area contributed by atoms with Crippen LogP contribution in [0, 0.1) is 0 Å². The number of anilines is 1. The maximum Gasteiger partial charge on any atom is 0.410 e. The van der Waals surface area contributed by atoms with Crippen molar-refractivity contribution in [3.63, 3.8) is 0 Å². The highest BCUT2D eigenvalue weighted by Gasteiger charge is 2.21. The van der Waals surface area contributed by atoms with Crippen LogP contribution in [0.5, 0.6) is 0 Å². The van der Waals surface area contributed by atoms with Gasteiger partial charge in [0.05, 0.1) is 0 Å². The summed E-state index contributed by atoms with van der Waals surface area (Å²) in [6, 6.07) is 3.20. The minimum atomic E-state index is -0.628. The number of rotatable bonds is 4. The Bertz CT molecular complexity index is 702. The summed E-state index contributed by atoms with van der Waals surface area (Å²) in [6.07, 6.45) is 2.70. The number of carbonyl (C=O) groups excluding carboxylic acids is 2.